The van der Waals surface area contributed by atoms with Gasteiger partial charge in [0.15, 0.2) is 11.4 Å². The van der Waals surface area contributed by atoms with E-state index in [4.69, 9.17) is 22.9 Å². The van der Waals surface area contributed by atoms with E-state index in [-0.39, 0.29) is 73.4 Å². The molecule has 0 amide bonds. The largest absolute Gasteiger partial charge is 0.399 e. The van der Waals surface area contributed by atoms with Crippen molar-refractivity contribution in [2.24, 2.45) is 30.7 Å². The van der Waals surface area contributed by atoms with Crippen molar-refractivity contribution in [3.05, 3.63) is 147 Å². The van der Waals surface area contributed by atoms with Gasteiger partial charge in [0.25, 0.3) is 30.4 Å². The molecule has 0 fully saturated rings. The number of benzene rings is 6. The average Bonchev–Trinajstić information content (AvgIpc) is 3.30. The van der Waals surface area contributed by atoms with Crippen molar-refractivity contribution in [1.82, 2.24) is 0 Å². The van der Waals surface area contributed by atoms with Gasteiger partial charge >= 0.3 is 0 Å². The lowest BCUT2D eigenvalue weighted by Gasteiger charge is -2.17. The molecule has 6 aromatic rings. The van der Waals surface area contributed by atoms with Crippen molar-refractivity contribution in [2.45, 2.75) is 4.90 Å². The zero-order valence-electron chi connectivity index (χ0n) is 35.9. The summed E-state index contributed by atoms with van der Waals surface area (Å²) in [4.78, 5) is 25.1. The number of nitrogens with zero attached hydrogens (tertiary/aromatic N) is 6. The quantitative estimate of drug-likeness (QED) is 0.0230. The van der Waals surface area contributed by atoms with E-state index in [2.05, 4.69) is 46.8 Å². The summed E-state index contributed by atoms with van der Waals surface area (Å²) in [6, 6.07) is 26.6. The summed E-state index contributed by atoms with van der Waals surface area (Å²) in [6.45, 7) is 0. The molecule has 14 N–H and O–H groups in total. The fourth-order valence-electron chi connectivity index (χ4n) is 6.85. The second-order valence-corrected chi connectivity index (χ2v) is 19.4. The van der Waals surface area contributed by atoms with Crippen molar-refractivity contribution in [3.63, 3.8) is 0 Å². The molecule has 24 nitrogen and oxygen atoms in total. The topological polar surface area (TPSA) is 412 Å². The summed E-state index contributed by atoms with van der Waals surface area (Å²) in [5.41, 5.74) is 29.4. The molecule has 0 radical (unpaired) electrons. The fourth-order valence-corrected chi connectivity index (χ4v) is 8.84. The minimum Gasteiger partial charge on any atom is -0.399 e. The van der Waals surface area contributed by atoms with Gasteiger partial charge in [-0.1, -0.05) is 12.1 Å². The number of rotatable bonds is 13. The van der Waals surface area contributed by atoms with Crippen LogP contribution in [0, 0.1) is 0 Å². The Morgan fingerprint density at radius 2 is 0.887 bits per heavy atom. The minimum absolute atomic E-state index is 0.00742. The van der Waals surface area contributed by atoms with Crippen LogP contribution in [0.2, 0.25) is 0 Å². The van der Waals surface area contributed by atoms with Crippen LogP contribution in [0.4, 0.5) is 68.2 Å². The molecule has 27 heteroatoms. The second kappa shape index (κ2) is 18.8. The lowest BCUT2D eigenvalue weighted by atomic mass is 9.94. The summed E-state index contributed by atoms with van der Waals surface area (Å²) in [5.74, 6) is -1.85. The third-order valence-electron chi connectivity index (χ3n) is 10.3. The molecular weight excluding hydrogens is 983 g/mol. The van der Waals surface area contributed by atoms with Crippen molar-refractivity contribution in [2.75, 3.05) is 39.1 Å². The zero-order valence-corrected chi connectivity index (χ0v) is 38.4. The summed E-state index contributed by atoms with van der Waals surface area (Å²) in [5, 5.41) is 27.1. The lowest BCUT2D eigenvalue weighted by Crippen LogP contribution is -2.27. The van der Waals surface area contributed by atoms with Crippen LogP contribution < -0.4 is 39.1 Å². The predicted molar refractivity (Wildman–Crippen MR) is 268 cm³/mol. The van der Waals surface area contributed by atoms with E-state index < -0.39 is 68.0 Å². The number of carbonyl (C=O) groups excluding carboxylic acids is 2. The standard InChI is InChI=1S/C44H35N13O11S3/c45-24-3-12-35(33(47)17-24)54-51-28-5-1-22-15-39(70(63,64)65)41(43(58)31(22)19-28)56-50-27-9-7-26(8-10-27)49-37-14-11-30(21-38(37)69(60,61)62)53-57-42-40(71(66,67)68)16-23-2-6-29(20-32(23)44(42)59)52-55-36-13-4-25(46)18-34(36)48/h1-21,49-50,53H,45-48H2,(H,60,61,62)(H,63,64,65)(H,66,67,68). The molecule has 0 atom stereocenters. The Kier molecular flexibility index (Phi) is 12.9. The molecule has 360 valence electrons. The monoisotopic (exact) mass is 1020 g/mol. The number of ketones is 2. The number of fused-ring (bicyclic) bond motifs is 2. The number of anilines is 8. The SMILES string of the molecule is Nc1ccc(N=Nc2ccc3c(c2)C(=O)C(=NNc2ccc(Nc4ccc(NN=C5C(=O)c6cc(N=Nc7ccc(N)cc7N)ccc6C=C5S(=O)(=O)O)cc4S(=O)(=O)O)cc2)C(S(=O)(=O)O)=C3)c(N)c1. The van der Waals surface area contributed by atoms with Crippen LogP contribution in [-0.4, -0.2) is 61.9 Å². The molecule has 2 aliphatic carbocycles. The molecule has 0 aliphatic heterocycles. The molecule has 0 heterocycles. The van der Waals surface area contributed by atoms with Crippen molar-refractivity contribution in [1.29, 1.82) is 0 Å². The van der Waals surface area contributed by atoms with Crippen molar-refractivity contribution in [3.8, 4) is 0 Å². The van der Waals surface area contributed by atoms with Crippen molar-refractivity contribution < 1.29 is 48.5 Å². The van der Waals surface area contributed by atoms with E-state index in [1.54, 1.807) is 18.2 Å². The van der Waals surface area contributed by atoms with Gasteiger partial charge in [-0.2, -0.15) is 45.7 Å². The summed E-state index contributed by atoms with van der Waals surface area (Å²) >= 11 is 0. The van der Waals surface area contributed by atoms with E-state index in [1.807, 2.05) is 0 Å². The smallest absolute Gasteiger partial charge is 0.296 e. The molecule has 0 bridgehead atoms. The normalized spacial score (nSPS) is 15.1. The Bertz CT molecular complexity index is 3800. The van der Waals surface area contributed by atoms with Crippen LogP contribution >= 0.6 is 0 Å². The Balaban J connectivity index is 0.998. The number of hydrazone groups is 2. The minimum atomic E-state index is -5.06. The van der Waals surface area contributed by atoms with Crippen molar-refractivity contribution >= 4 is 134 Å². The summed E-state index contributed by atoms with van der Waals surface area (Å²) < 4.78 is 105. The Labute approximate surface area is 402 Å². The van der Waals surface area contributed by atoms with Gasteiger partial charge < -0.3 is 28.3 Å². The number of Topliss-reactive ketones (excluding diaryl/α,β-unsaturated/α-hetero) is 2. The highest BCUT2D eigenvalue weighted by molar-refractivity contribution is 7.91. The molecular formula is C44H35N13O11S3. The van der Waals surface area contributed by atoms with E-state index in [1.165, 1.54) is 91.0 Å². The predicted octanol–water partition coefficient (Wildman–Crippen LogP) is 7.62. The maximum atomic E-state index is 13.7. The number of azo groups is 2. The molecule has 71 heavy (non-hydrogen) atoms. The first-order chi connectivity index (χ1) is 33.5. The first-order valence-electron chi connectivity index (χ1n) is 20.1. The fraction of sp³-hybridized carbons (Fsp3) is 0. The lowest BCUT2D eigenvalue weighted by molar-refractivity contribution is 0.105. The molecule has 0 aromatic heterocycles. The van der Waals surface area contributed by atoms with Gasteiger partial charge in [-0.05, 0) is 126 Å². The van der Waals surface area contributed by atoms with E-state index in [9.17, 15) is 48.5 Å². The van der Waals surface area contributed by atoms with E-state index in [0.29, 0.717) is 17.1 Å². The van der Waals surface area contributed by atoms with Gasteiger partial charge in [-0.15, -0.1) is 10.2 Å². The Morgan fingerprint density at radius 3 is 1.32 bits per heavy atom. The number of nitrogens with one attached hydrogen (secondary N) is 3. The number of hydrogen-bond donors (Lipinski definition) is 10. The number of allylic oxidation sites excluding steroid dienone is 2. The van der Waals surface area contributed by atoms with Crippen LogP contribution in [-0.2, 0) is 30.4 Å². The van der Waals surface area contributed by atoms with Gasteiger partial charge in [0.05, 0.1) is 39.8 Å². The van der Waals surface area contributed by atoms with E-state index in [0.717, 1.165) is 18.2 Å². The first-order valence-corrected chi connectivity index (χ1v) is 24.4. The summed E-state index contributed by atoms with van der Waals surface area (Å²) in [7, 11) is -15.0. The number of hydrogen-bond acceptors (Lipinski definition) is 21. The molecule has 0 saturated carbocycles. The van der Waals surface area contributed by atoms with Gasteiger partial charge in [-0.3, -0.25) is 34.1 Å². The summed E-state index contributed by atoms with van der Waals surface area (Å²) in [6.07, 6.45) is 2.07. The zero-order chi connectivity index (χ0) is 51.0. The highest BCUT2D eigenvalue weighted by Crippen LogP contribution is 2.35. The third kappa shape index (κ3) is 10.8. The maximum absolute atomic E-state index is 13.7. The second-order valence-electron chi connectivity index (χ2n) is 15.2. The van der Waals surface area contributed by atoms with Crippen LogP contribution in [0.3, 0.4) is 0 Å². The average molecular weight is 1020 g/mol. The van der Waals surface area contributed by atoms with Gasteiger partial charge in [0, 0.05) is 28.2 Å². The van der Waals surface area contributed by atoms with Gasteiger partial charge in [-0.25, -0.2) is 0 Å². The Hall–Kier alpha value is -8.99. The van der Waals surface area contributed by atoms with Crippen LogP contribution in [0.25, 0.3) is 12.2 Å². The van der Waals surface area contributed by atoms with Gasteiger partial charge in [0.2, 0.25) is 11.6 Å². The van der Waals surface area contributed by atoms with Crippen LogP contribution in [0.1, 0.15) is 31.8 Å². The Morgan fingerprint density at radius 1 is 0.451 bits per heavy atom. The highest BCUT2D eigenvalue weighted by atomic mass is 32.2. The van der Waals surface area contributed by atoms with Gasteiger partial charge in [0.1, 0.15) is 26.1 Å². The molecule has 0 saturated heterocycles. The number of nitrogens with two attached hydrogens (primary N) is 4. The highest BCUT2D eigenvalue weighted by Gasteiger charge is 2.34. The maximum Gasteiger partial charge on any atom is 0.296 e. The van der Waals surface area contributed by atoms with Crippen LogP contribution in [0.5, 0.6) is 0 Å². The first kappa shape index (κ1) is 48.5. The molecule has 2 aliphatic rings. The number of carbonyl (C=O) groups is 2. The number of nitrogen functional groups attached to an aromatic ring is 4. The van der Waals surface area contributed by atoms with E-state index >= 15 is 0 Å². The third-order valence-corrected chi connectivity index (χ3v) is 12.9. The molecule has 0 spiro atoms. The van der Waals surface area contributed by atoms with Crippen LogP contribution in [0.15, 0.2) is 161 Å². The molecule has 8 rings (SSSR count). The molecule has 6 aromatic carbocycles. The molecule has 0 unspecified atom stereocenters.